The van der Waals surface area contributed by atoms with Crippen molar-refractivity contribution < 1.29 is 9.45 Å². The van der Waals surface area contributed by atoms with Crippen molar-refractivity contribution in [2.75, 3.05) is 6.54 Å². The Balaban J connectivity index is 2.38. The molecule has 0 aliphatic rings. The Bertz CT molecular complexity index is 579. The number of nitro groups is 1. The van der Waals surface area contributed by atoms with Crippen LogP contribution >= 0.6 is 0 Å². The van der Waals surface area contributed by atoms with Gasteiger partial charge >= 0.3 is 0 Å². The fourth-order valence-electron chi connectivity index (χ4n) is 1.54. The second kappa shape index (κ2) is 4.92. The fourth-order valence-corrected chi connectivity index (χ4v) is 1.54. The van der Waals surface area contributed by atoms with Crippen LogP contribution in [0.5, 0.6) is 0 Å². The van der Waals surface area contributed by atoms with E-state index < -0.39 is 4.92 Å². The lowest BCUT2D eigenvalue weighted by atomic mass is 10.1. The summed E-state index contributed by atoms with van der Waals surface area (Å²) in [5.41, 5.74) is 6.53. The van der Waals surface area contributed by atoms with Gasteiger partial charge in [-0.2, -0.15) is 4.98 Å². The first-order chi connectivity index (χ1) is 8.61. The van der Waals surface area contributed by atoms with E-state index in [2.05, 4.69) is 10.1 Å². The van der Waals surface area contributed by atoms with E-state index in [1.165, 1.54) is 6.07 Å². The molecule has 2 N–H and O–H groups in total. The van der Waals surface area contributed by atoms with Gasteiger partial charge in [0.15, 0.2) is 5.82 Å². The molecule has 0 spiro atoms. The Hall–Kier alpha value is -2.28. The number of nitrogens with zero attached hydrogens (tertiary/aromatic N) is 3. The lowest BCUT2D eigenvalue weighted by molar-refractivity contribution is -0.385. The third-order valence-electron chi connectivity index (χ3n) is 2.49. The van der Waals surface area contributed by atoms with Gasteiger partial charge in [0.1, 0.15) is 0 Å². The molecule has 2 aromatic rings. The zero-order valence-electron chi connectivity index (χ0n) is 9.79. The summed E-state index contributed by atoms with van der Waals surface area (Å²) in [5.74, 6) is 0.761. The minimum Gasteiger partial charge on any atom is -0.334 e. The highest BCUT2D eigenvalue weighted by Gasteiger charge is 2.15. The smallest absolute Gasteiger partial charge is 0.273 e. The molecular formula is C11H12N4O3. The molecule has 18 heavy (non-hydrogen) atoms. The van der Waals surface area contributed by atoms with E-state index in [9.17, 15) is 10.1 Å². The molecule has 1 heterocycles. The van der Waals surface area contributed by atoms with Crippen molar-refractivity contribution in [1.29, 1.82) is 0 Å². The van der Waals surface area contributed by atoms with Crippen LogP contribution in [0.4, 0.5) is 5.69 Å². The second-order valence-electron chi connectivity index (χ2n) is 3.81. The molecule has 0 aliphatic heterocycles. The molecule has 0 fully saturated rings. The molecular weight excluding hydrogens is 236 g/mol. The first kappa shape index (κ1) is 12.2. The zero-order chi connectivity index (χ0) is 13.1. The largest absolute Gasteiger partial charge is 0.334 e. The Morgan fingerprint density at radius 3 is 2.94 bits per heavy atom. The van der Waals surface area contributed by atoms with Crippen LogP contribution in [-0.4, -0.2) is 21.6 Å². The van der Waals surface area contributed by atoms with Gasteiger partial charge in [-0.25, -0.2) is 0 Å². The van der Waals surface area contributed by atoms with Gasteiger partial charge in [-0.05, 0) is 19.5 Å². The number of aromatic nitrogens is 2. The zero-order valence-corrected chi connectivity index (χ0v) is 9.79. The molecule has 0 saturated heterocycles. The molecule has 0 amide bonds. The van der Waals surface area contributed by atoms with Crippen molar-refractivity contribution in [1.82, 2.24) is 10.1 Å². The lowest BCUT2D eigenvalue weighted by Gasteiger charge is -1.98. The van der Waals surface area contributed by atoms with E-state index >= 15 is 0 Å². The van der Waals surface area contributed by atoms with Gasteiger partial charge in [-0.3, -0.25) is 10.1 Å². The minimum atomic E-state index is -0.435. The molecule has 0 atom stereocenters. The fraction of sp³-hybridized carbons (Fsp3) is 0.273. The van der Waals surface area contributed by atoms with Crippen molar-refractivity contribution >= 4 is 5.69 Å². The van der Waals surface area contributed by atoms with E-state index in [0.717, 1.165) is 0 Å². The molecule has 0 aliphatic carbocycles. The maximum absolute atomic E-state index is 10.8. The summed E-state index contributed by atoms with van der Waals surface area (Å²) >= 11 is 0. The van der Waals surface area contributed by atoms with Gasteiger partial charge in [0.05, 0.1) is 4.92 Å². The maximum Gasteiger partial charge on any atom is 0.273 e. The Morgan fingerprint density at radius 2 is 2.28 bits per heavy atom. The summed E-state index contributed by atoms with van der Waals surface area (Å²) in [5, 5.41) is 14.6. The Kier molecular flexibility index (Phi) is 3.33. The summed E-state index contributed by atoms with van der Waals surface area (Å²) in [6.07, 6.45) is 0.511. The van der Waals surface area contributed by atoms with Gasteiger partial charge in [0.25, 0.3) is 11.6 Å². The number of rotatable bonds is 4. The quantitative estimate of drug-likeness (QED) is 0.648. The number of nitro benzene ring substituents is 1. The topological polar surface area (TPSA) is 108 Å². The van der Waals surface area contributed by atoms with Crippen LogP contribution < -0.4 is 5.73 Å². The SMILES string of the molecule is Cc1ccc(-c2nc(CCN)no2)cc1[N+](=O)[O-]. The van der Waals surface area contributed by atoms with Crippen LogP contribution in [0.2, 0.25) is 0 Å². The van der Waals surface area contributed by atoms with Crippen molar-refractivity contribution in [3.8, 4) is 11.5 Å². The molecule has 7 nitrogen and oxygen atoms in total. The summed E-state index contributed by atoms with van der Waals surface area (Å²) in [7, 11) is 0. The van der Waals surface area contributed by atoms with Gasteiger partial charge in [-0.1, -0.05) is 11.2 Å². The molecule has 0 bridgehead atoms. The molecule has 0 unspecified atom stereocenters. The number of benzene rings is 1. The Morgan fingerprint density at radius 1 is 1.50 bits per heavy atom. The highest BCUT2D eigenvalue weighted by Crippen LogP contribution is 2.25. The van der Waals surface area contributed by atoms with Crippen LogP contribution in [-0.2, 0) is 6.42 Å². The number of hydrogen-bond donors (Lipinski definition) is 1. The highest BCUT2D eigenvalue weighted by atomic mass is 16.6. The van der Waals surface area contributed by atoms with Crippen LogP contribution in [0.15, 0.2) is 22.7 Å². The van der Waals surface area contributed by atoms with Gasteiger partial charge in [0, 0.05) is 23.6 Å². The lowest BCUT2D eigenvalue weighted by Crippen LogP contribution is -2.03. The highest BCUT2D eigenvalue weighted by molar-refractivity contribution is 5.59. The second-order valence-corrected chi connectivity index (χ2v) is 3.81. The standard InChI is InChI=1S/C11H12N4O3/c1-7-2-3-8(6-9(7)15(16)17)11-13-10(4-5-12)14-18-11/h2-3,6H,4-5,12H2,1H3. The predicted octanol–water partition coefficient (Wildman–Crippen LogP) is 1.45. The van der Waals surface area contributed by atoms with Crippen LogP contribution in [0.3, 0.4) is 0 Å². The summed E-state index contributed by atoms with van der Waals surface area (Å²) < 4.78 is 5.04. The average Bonchev–Trinajstić information content (AvgIpc) is 2.78. The third-order valence-corrected chi connectivity index (χ3v) is 2.49. The summed E-state index contributed by atoms with van der Waals surface area (Å²) in [4.78, 5) is 14.5. The summed E-state index contributed by atoms with van der Waals surface area (Å²) in [6.45, 7) is 2.10. The van der Waals surface area contributed by atoms with Crippen molar-refractivity contribution in [2.24, 2.45) is 5.73 Å². The minimum absolute atomic E-state index is 0.0334. The Labute approximate surface area is 103 Å². The third kappa shape index (κ3) is 2.35. The van der Waals surface area contributed by atoms with Crippen LogP contribution in [0, 0.1) is 17.0 Å². The van der Waals surface area contributed by atoms with E-state index in [4.69, 9.17) is 10.3 Å². The monoisotopic (exact) mass is 248 g/mol. The maximum atomic E-state index is 10.8. The molecule has 2 rings (SSSR count). The van der Waals surface area contributed by atoms with Crippen LogP contribution in [0.1, 0.15) is 11.4 Å². The average molecular weight is 248 g/mol. The van der Waals surface area contributed by atoms with Gasteiger partial charge in [0.2, 0.25) is 0 Å². The van der Waals surface area contributed by atoms with E-state index in [-0.39, 0.29) is 11.6 Å². The normalized spacial score (nSPS) is 10.6. The molecule has 7 heteroatoms. The number of aryl methyl sites for hydroxylation is 1. The van der Waals surface area contributed by atoms with Crippen molar-refractivity contribution in [3.63, 3.8) is 0 Å². The molecule has 94 valence electrons. The molecule has 1 aromatic heterocycles. The molecule has 0 radical (unpaired) electrons. The van der Waals surface area contributed by atoms with Gasteiger partial charge in [-0.15, -0.1) is 0 Å². The molecule has 0 saturated carbocycles. The van der Waals surface area contributed by atoms with E-state index in [1.54, 1.807) is 19.1 Å². The van der Waals surface area contributed by atoms with E-state index in [1.807, 2.05) is 0 Å². The number of hydrogen-bond acceptors (Lipinski definition) is 6. The van der Waals surface area contributed by atoms with Crippen molar-refractivity contribution in [2.45, 2.75) is 13.3 Å². The first-order valence-corrected chi connectivity index (χ1v) is 5.40. The van der Waals surface area contributed by atoms with E-state index in [0.29, 0.717) is 29.9 Å². The summed E-state index contributed by atoms with van der Waals surface area (Å²) in [6, 6.07) is 4.79. The van der Waals surface area contributed by atoms with Gasteiger partial charge < -0.3 is 10.3 Å². The first-order valence-electron chi connectivity index (χ1n) is 5.40. The van der Waals surface area contributed by atoms with Crippen LogP contribution in [0.25, 0.3) is 11.5 Å². The molecule has 1 aromatic carbocycles. The number of nitrogens with two attached hydrogens (primary N) is 1. The van der Waals surface area contributed by atoms with Crippen molar-refractivity contribution in [3.05, 3.63) is 39.7 Å². The predicted molar refractivity (Wildman–Crippen MR) is 63.9 cm³/mol.